The summed E-state index contributed by atoms with van der Waals surface area (Å²) in [5, 5.41) is 6.49. The topological polar surface area (TPSA) is 113 Å². The van der Waals surface area contributed by atoms with Crippen molar-refractivity contribution in [2.45, 2.75) is 6.42 Å². The maximum absolute atomic E-state index is 6.29. The zero-order chi connectivity index (χ0) is 21.6. The molecule has 1 aliphatic heterocycles. The number of anilines is 4. The van der Waals surface area contributed by atoms with Crippen molar-refractivity contribution in [3.8, 4) is 23.0 Å². The van der Waals surface area contributed by atoms with Gasteiger partial charge in [0, 0.05) is 18.3 Å². The van der Waals surface area contributed by atoms with Gasteiger partial charge in [-0.05, 0) is 36.2 Å². The normalized spacial score (nSPS) is 12.2. The van der Waals surface area contributed by atoms with Gasteiger partial charge in [-0.1, -0.05) is 6.07 Å². The molecule has 2 aromatic carbocycles. The first-order valence-electron chi connectivity index (χ1n) is 9.90. The number of ether oxygens (including phenoxy) is 4. The molecule has 0 radical (unpaired) electrons. The van der Waals surface area contributed by atoms with Crippen LogP contribution in [0.25, 0.3) is 0 Å². The highest BCUT2D eigenvalue weighted by molar-refractivity contribution is 5.78. The minimum absolute atomic E-state index is 0.435. The van der Waals surface area contributed by atoms with E-state index in [1.54, 1.807) is 14.2 Å². The van der Waals surface area contributed by atoms with Gasteiger partial charge in [0.05, 0.1) is 14.2 Å². The Morgan fingerprint density at radius 2 is 1.71 bits per heavy atom. The number of nitrogen functional groups attached to an aromatic ring is 1. The second-order valence-electron chi connectivity index (χ2n) is 6.83. The number of fused-ring (bicyclic) bond motifs is 1. The molecule has 0 saturated heterocycles. The van der Waals surface area contributed by atoms with E-state index in [2.05, 4.69) is 20.6 Å². The molecule has 0 unspecified atom stereocenters. The average molecular weight is 423 g/mol. The van der Waals surface area contributed by atoms with Crippen LogP contribution < -0.4 is 35.3 Å². The van der Waals surface area contributed by atoms with Crippen LogP contribution in [0.5, 0.6) is 23.0 Å². The summed E-state index contributed by atoms with van der Waals surface area (Å²) in [5.41, 5.74) is 8.63. The van der Waals surface area contributed by atoms with Crippen LogP contribution in [0.4, 0.5) is 23.0 Å². The monoisotopic (exact) mass is 423 g/mol. The van der Waals surface area contributed by atoms with Crippen molar-refractivity contribution in [2.75, 3.05) is 50.3 Å². The van der Waals surface area contributed by atoms with E-state index in [1.165, 1.54) is 6.33 Å². The van der Waals surface area contributed by atoms with Crippen molar-refractivity contribution >= 4 is 23.0 Å². The van der Waals surface area contributed by atoms with Crippen molar-refractivity contribution < 1.29 is 18.9 Å². The fraction of sp³-hybridized carbons (Fsp3) is 0.273. The van der Waals surface area contributed by atoms with E-state index in [4.69, 9.17) is 24.7 Å². The van der Waals surface area contributed by atoms with Crippen molar-refractivity contribution in [3.05, 3.63) is 48.3 Å². The van der Waals surface area contributed by atoms with Crippen LogP contribution in [0.1, 0.15) is 5.56 Å². The van der Waals surface area contributed by atoms with Crippen LogP contribution in [0, 0.1) is 0 Å². The summed E-state index contributed by atoms with van der Waals surface area (Å²) < 4.78 is 21.8. The zero-order valence-electron chi connectivity index (χ0n) is 17.5. The average Bonchev–Trinajstić information content (AvgIpc) is 2.81. The number of nitrogens with zero attached hydrogens (tertiary/aromatic N) is 2. The lowest BCUT2D eigenvalue weighted by Gasteiger charge is -2.19. The maximum atomic E-state index is 6.29. The minimum atomic E-state index is 0.435. The first kappa shape index (κ1) is 20.4. The molecule has 0 amide bonds. The summed E-state index contributed by atoms with van der Waals surface area (Å²) in [7, 11) is 3.24. The van der Waals surface area contributed by atoms with Gasteiger partial charge in [-0.3, -0.25) is 0 Å². The molecule has 2 heterocycles. The lowest BCUT2D eigenvalue weighted by molar-refractivity contribution is 0.171. The molecule has 0 atom stereocenters. The van der Waals surface area contributed by atoms with Crippen molar-refractivity contribution in [3.63, 3.8) is 0 Å². The Balaban J connectivity index is 1.41. The number of rotatable bonds is 8. The molecule has 0 saturated carbocycles. The molecule has 0 aliphatic carbocycles. The van der Waals surface area contributed by atoms with E-state index in [9.17, 15) is 0 Å². The Morgan fingerprint density at radius 3 is 2.52 bits per heavy atom. The van der Waals surface area contributed by atoms with E-state index >= 15 is 0 Å². The quantitative estimate of drug-likeness (QED) is 0.502. The summed E-state index contributed by atoms with van der Waals surface area (Å²) >= 11 is 0. The number of benzene rings is 2. The van der Waals surface area contributed by atoms with E-state index < -0.39 is 0 Å². The number of hydrogen-bond donors (Lipinski definition) is 3. The van der Waals surface area contributed by atoms with Crippen molar-refractivity contribution in [1.82, 2.24) is 9.97 Å². The summed E-state index contributed by atoms with van der Waals surface area (Å²) in [6.07, 6.45) is 2.23. The number of methoxy groups -OCH3 is 2. The highest BCUT2D eigenvalue weighted by atomic mass is 16.6. The van der Waals surface area contributed by atoms with E-state index in [1.807, 2.05) is 36.4 Å². The molecule has 0 bridgehead atoms. The zero-order valence-corrected chi connectivity index (χ0v) is 17.5. The van der Waals surface area contributed by atoms with Crippen molar-refractivity contribution in [2.24, 2.45) is 0 Å². The highest BCUT2D eigenvalue weighted by Gasteiger charge is 2.14. The largest absolute Gasteiger partial charge is 0.493 e. The Labute approximate surface area is 180 Å². The van der Waals surface area contributed by atoms with Crippen molar-refractivity contribution in [1.29, 1.82) is 0 Å². The summed E-state index contributed by atoms with van der Waals surface area (Å²) in [6, 6.07) is 11.5. The molecule has 1 aliphatic rings. The van der Waals surface area contributed by atoms with Crippen LogP contribution in [-0.4, -0.2) is 43.9 Å². The van der Waals surface area contributed by atoms with Gasteiger partial charge in [0.25, 0.3) is 0 Å². The fourth-order valence-electron chi connectivity index (χ4n) is 3.26. The van der Waals surface area contributed by atoms with Gasteiger partial charge >= 0.3 is 0 Å². The Hall–Kier alpha value is -3.88. The molecule has 1 aromatic heterocycles. The maximum Gasteiger partial charge on any atom is 0.163 e. The van der Waals surface area contributed by atoms with E-state index in [0.29, 0.717) is 54.3 Å². The van der Waals surface area contributed by atoms with Gasteiger partial charge < -0.3 is 35.3 Å². The number of nitrogens with one attached hydrogen (secondary N) is 2. The fourth-order valence-corrected chi connectivity index (χ4v) is 3.26. The molecule has 3 aromatic rings. The SMILES string of the molecule is COc1ccc(CCNc2ncnc(Nc3ccc4c(c3)OCCO4)c2N)cc1OC. The second kappa shape index (κ2) is 9.29. The molecule has 31 heavy (non-hydrogen) atoms. The smallest absolute Gasteiger partial charge is 0.163 e. The molecule has 9 heteroatoms. The Bertz CT molecular complexity index is 1060. The molecule has 4 rings (SSSR count). The van der Waals surface area contributed by atoms with Crippen LogP contribution in [-0.2, 0) is 6.42 Å². The first-order valence-corrected chi connectivity index (χ1v) is 9.90. The summed E-state index contributed by atoms with van der Waals surface area (Å²) in [5.74, 6) is 3.90. The number of nitrogens with two attached hydrogens (primary N) is 1. The molecule has 0 spiro atoms. The van der Waals surface area contributed by atoms with Gasteiger partial charge in [-0.15, -0.1) is 0 Å². The highest BCUT2D eigenvalue weighted by Crippen LogP contribution is 2.34. The van der Waals surface area contributed by atoms with Gasteiger partial charge in [-0.2, -0.15) is 0 Å². The second-order valence-corrected chi connectivity index (χ2v) is 6.83. The van der Waals surface area contributed by atoms with Crippen LogP contribution in [0.2, 0.25) is 0 Å². The van der Waals surface area contributed by atoms with E-state index in [0.717, 1.165) is 23.4 Å². The van der Waals surface area contributed by atoms with Gasteiger partial charge in [0.1, 0.15) is 25.2 Å². The lowest BCUT2D eigenvalue weighted by atomic mass is 10.1. The lowest BCUT2D eigenvalue weighted by Crippen LogP contribution is -2.15. The molecular formula is C22H25N5O4. The molecule has 4 N–H and O–H groups in total. The van der Waals surface area contributed by atoms with Crippen LogP contribution in [0.3, 0.4) is 0 Å². The van der Waals surface area contributed by atoms with Gasteiger partial charge in [0.15, 0.2) is 34.6 Å². The minimum Gasteiger partial charge on any atom is -0.493 e. The molecular weight excluding hydrogens is 398 g/mol. The summed E-state index contributed by atoms with van der Waals surface area (Å²) in [6.45, 7) is 1.72. The number of aromatic nitrogens is 2. The van der Waals surface area contributed by atoms with Crippen LogP contribution >= 0.6 is 0 Å². The predicted octanol–water partition coefficient (Wildman–Crippen LogP) is 3.25. The molecule has 162 valence electrons. The summed E-state index contributed by atoms with van der Waals surface area (Å²) in [4.78, 5) is 8.53. The molecule has 9 nitrogen and oxygen atoms in total. The Kier molecular flexibility index (Phi) is 6.11. The third-order valence-corrected chi connectivity index (χ3v) is 4.84. The molecule has 0 fully saturated rings. The number of hydrogen-bond acceptors (Lipinski definition) is 9. The third kappa shape index (κ3) is 4.66. The van der Waals surface area contributed by atoms with E-state index in [-0.39, 0.29) is 0 Å². The van der Waals surface area contributed by atoms with Gasteiger partial charge in [-0.25, -0.2) is 9.97 Å². The first-order chi connectivity index (χ1) is 15.2. The predicted molar refractivity (Wildman–Crippen MR) is 119 cm³/mol. The Morgan fingerprint density at radius 1 is 0.935 bits per heavy atom. The standard InChI is InChI=1S/C22H25N5O4/c1-28-16-5-3-14(11-18(16)29-2)7-8-24-21-20(23)22(26-13-25-21)27-15-4-6-17-19(12-15)31-10-9-30-17/h3-6,11-13H,7-10,23H2,1-2H3,(H2,24,25,26,27). The van der Waals surface area contributed by atoms with Gasteiger partial charge in [0.2, 0.25) is 0 Å². The third-order valence-electron chi connectivity index (χ3n) is 4.84. The van der Waals surface area contributed by atoms with Crippen LogP contribution in [0.15, 0.2) is 42.7 Å².